The summed E-state index contributed by atoms with van der Waals surface area (Å²) in [5.74, 6) is 0. The number of rotatable bonds is 1. The van der Waals surface area contributed by atoms with Crippen LogP contribution in [0.2, 0.25) is 0 Å². The minimum absolute atomic E-state index is 0.428. The van der Waals surface area contributed by atoms with Crippen molar-refractivity contribution in [2.75, 3.05) is 0 Å². The van der Waals surface area contributed by atoms with E-state index in [1.807, 2.05) is 0 Å². The fraction of sp³-hybridized carbons (Fsp3) is 0.143. The zero-order valence-corrected chi connectivity index (χ0v) is 15.8. The van der Waals surface area contributed by atoms with Gasteiger partial charge >= 0.3 is 0 Å². The van der Waals surface area contributed by atoms with Crippen molar-refractivity contribution in [3.63, 3.8) is 0 Å². The largest absolute Gasteiger partial charge is 0.338 e. The number of aromatic nitrogens is 2. The first-order valence-electron chi connectivity index (χ1n) is 8.29. The fourth-order valence-corrected chi connectivity index (χ4v) is 4.96. The van der Waals surface area contributed by atoms with Gasteiger partial charge in [-0.1, -0.05) is 42.5 Å². The second kappa shape index (κ2) is 4.99. The molecule has 0 fully saturated rings. The topological polar surface area (TPSA) is 9.86 Å². The first kappa shape index (κ1) is 14.3. The summed E-state index contributed by atoms with van der Waals surface area (Å²) in [5.41, 5.74) is 5.24. The van der Waals surface area contributed by atoms with Crippen LogP contribution in [-0.4, -0.2) is 7.35 Å². The van der Waals surface area contributed by atoms with Gasteiger partial charge in [0.2, 0.25) is 0 Å². The molecule has 0 N–H and O–H groups in total. The Hall–Kier alpha value is -2.01. The third-order valence-electron chi connectivity index (χ3n) is 4.97. The number of hydrogen-bond acceptors (Lipinski definition) is 0. The van der Waals surface area contributed by atoms with Crippen LogP contribution in [0.3, 0.4) is 0 Å². The summed E-state index contributed by atoms with van der Waals surface area (Å²) >= 11 is 2.45. The molecule has 118 valence electrons. The highest BCUT2D eigenvalue weighted by molar-refractivity contribution is 14.1. The van der Waals surface area contributed by atoms with Gasteiger partial charge in [0.1, 0.15) is 0 Å². The van der Waals surface area contributed by atoms with Crippen molar-refractivity contribution in [2.45, 2.75) is 19.9 Å². The first-order chi connectivity index (χ1) is 11.7. The van der Waals surface area contributed by atoms with Crippen LogP contribution in [0.15, 0.2) is 60.7 Å². The maximum Gasteiger partial charge on any atom is 0.0690 e. The Morgan fingerprint density at radius 3 is 2.12 bits per heavy atom. The van der Waals surface area contributed by atoms with E-state index in [0.29, 0.717) is 6.04 Å². The lowest BCUT2D eigenvalue weighted by molar-refractivity contribution is 0.642. The number of nitrogens with zero attached hydrogens (tertiary/aromatic N) is 2. The van der Waals surface area contributed by atoms with Crippen LogP contribution in [-0.2, 0) is 0 Å². The summed E-state index contributed by atoms with van der Waals surface area (Å²) in [4.78, 5) is 0. The van der Waals surface area contributed by atoms with Crippen LogP contribution < -0.4 is 0 Å². The zero-order valence-electron chi connectivity index (χ0n) is 13.6. The molecule has 0 aliphatic carbocycles. The zero-order chi connectivity index (χ0) is 16.4. The molecule has 0 amide bonds. The average Bonchev–Trinajstić information content (AvgIpc) is 3.08. The molecule has 2 nitrogen and oxygen atoms in total. The van der Waals surface area contributed by atoms with Crippen molar-refractivity contribution in [1.29, 1.82) is 0 Å². The Morgan fingerprint density at radius 2 is 1.38 bits per heavy atom. The van der Waals surface area contributed by atoms with Crippen LogP contribution in [0.25, 0.3) is 43.6 Å². The Labute approximate surface area is 154 Å². The van der Waals surface area contributed by atoms with Crippen molar-refractivity contribution in [3.8, 4) is 0 Å². The van der Waals surface area contributed by atoms with E-state index in [2.05, 4.69) is 105 Å². The maximum absolute atomic E-state index is 2.46. The van der Waals surface area contributed by atoms with Gasteiger partial charge in [0, 0.05) is 33.1 Å². The van der Waals surface area contributed by atoms with E-state index in [0.717, 1.165) is 0 Å². The standard InChI is InChI=1S/C21H17IN2/c1-13(2)23-17-9-5-4-8-16(17)20-19(23)12-11-15-14-7-3-6-10-18(14)24(22)21(15)20/h3-13H,1-2H3. The van der Waals surface area contributed by atoms with Gasteiger partial charge in [0.25, 0.3) is 0 Å². The summed E-state index contributed by atoms with van der Waals surface area (Å²) in [7, 11) is 0. The smallest absolute Gasteiger partial charge is 0.0690 e. The van der Waals surface area contributed by atoms with Crippen molar-refractivity contribution < 1.29 is 0 Å². The highest BCUT2D eigenvalue weighted by atomic mass is 127. The van der Waals surface area contributed by atoms with Gasteiger partial charge in [-0.25, -0.2) is 0 Å². The number of halogens is 1. The van der Waals surface area contributed by atoms with Gasteiger partial charge < -0.3 is 4.57 Å². The molecule has 0 saturated heterocycles. The number of benzene rings is 3. The lowest BCUT2D eigenvalue weighted by Crippen LogP contribution is -1.99. The van der Waals surface area contributed by atoms with E-state index in [4.69, 9.17) is 0 Å². The van der Waals surface area contributed by atoms with Gasteiger partial charge in [0.05, 0.1) is 39.4 Å². The molecule has 0 spiro atoms. The average molecular weight is 424 g/mol. The van der Waals surface area contributed by atoms with Crippen molar-refractivity contribution in [3.05, 3.63) is 60.7 Å². The van der Waals surface area contributed by atoms with Gasteiger partial charge in [-0.3, -0.25) is 2.78 Å². The molecule has 2 aromatic heterocycles. The summed E-state index contributed by atoms with van der Waals surface area (Å²) in [6.07, 6.45) is 0. The van der Waals surface area contributed by atoms with Crippen LogP contribution in [0.5, 0.6) is 0 Å². The molecule has 3 heteroatoms. The molecule has 0 aliphatic heterocycles. The Balaban J connectivity index is 2.15. The predicted molar refractivity (Wildman–Crippen MR) is 112 cm³/mol. The van der Waals surface area contributed by atoms with E-state index in [1.54, 1.807) is 0 Å². The lowest BCUT2D eigenvalue weighted by Gasteiger charge is -2.11. The Kier molecular flexibility index (Phi) is 2.98. The molecule has 3 aromatic carbocycles. The number of fused-ring (bicyclic) bond motifs is 7. The van der Waals surface area contributed by atoms with Gasteiger partial charge in [0.15, 0.2) is 0 Å². The van der Waals surface area contributed by atoms with E-state index in [-0.39, 0.29) is 0 Å². The second-order valence-electron chi connectivity index (χ2n) is 6.63. The van der Waals surface area contributed by atoms with Crippen LogP contribution in [0, 0.1) is 0 Å². The molecule has 5 aromatic rings. The van der Waals surface area contributed by atoms with Crippen LogP contribution in [0.4, 0.5) is 0 Å². The normalized spacial score (nSPS) is 12.3. The number of hydrogen-bond donors (Lipinski definition) is 0. The second-order valence-corrected chi connectivity index (χ2v) is 7.60. The molecule has 0 atom stereocenters. The Bertz CT molecular complexity index is 1240. The molecule has 0 aliphatic rings. The molecule has 0 unspecified atom stereocenters. The SMILES string of the molecule is CC(C)n1c2ccccc2c2c3c(ccc21)c1ccccc1n3I. The van der Waals surface area contributed by atoms with Crippen LogP contribution in [0.1, 0.15) is 19.9 Å². The lowest BCUT2D eigenvalue weighted by atomic mass is 10.1. The summed E-state index contributed by atoms with van der Waals surface area (Å²) in [6.45, 7) is 4.52. The van der Waals surface area contributed by atoms with Gasteiger partial charge in [-0.2, -0.15) is 0 Å². The molecular formula is C21H17IN2. The third-order valence-corrected chi connectivity index (χ3v) is 5.97. The van der Waals surface area contributed by atoms with Crippen LogP contribution >= 0.6 is 22.9 Å². The van der Waals surface area contributed by atoms with E-state index >= 15 is 0 Å². The monoisotopic (exact) mass is 424 g/mol. The fourth-order valence-electron chi connectivity index (χ4n) is 4.04. The quantitative estimate of drug-likeness (QED) is 0.266. The number of para-hydroxylation sites is 2. The first-order valence-corrected chi connectivity index (χ1v) is 9.26. The summed E-state index contributed by atoms with van der Waals surface area (Å²) in [6, 6.07) is 22.4. The highest BCUT2D eigenvalue weighted by Gasteiger charge is 2.18. The molecule has 0 saturated carbocycles. The molecule has 5 rings (SSSR count). The third kappa shape index (κ3) is 1.71. The Morgan fingerprint density at radius 1 is 0.708 bits per heavy atom. The summed E-state index contributed by atoms with van der Waals surface area (Å²) in [5, 5.41) is 5.36. The molecule has 0 bridgehead atoms. The van der Waals surface area contributed by atoms with E-state index < -0.39 is 0 Å². The van der Waals surface area contributed by atoms with Crippen molar-refractivity contribution in [1.82, 2.24) is 7.35 Å². The summed E-state index contributed by atoms with van der Waals surface area (Å²) < 4.78 is 4.78. The van der Waals surface area contributed by atoms with Gasteiger partial charge in [-0.05, 0) is 32.0 Å². The maximum atomic E-state index is 2.46. The predicted octanol–water partition coefficient (Wildman–Crippen LogP) is 6.68. The van der Waals surface area contributed by atoms with Crippen molar-refractivity contribution >= 4 is 66.5 Å². The van der Waals surface area contributed by atoms with E-state index in [9.17, 15) is 0 Å². The molecule has 24 heavy (non-hydrogen) atoms. The van der Waals surface area contributed by atoms with E-state index in [1.165, 1.54) is 43.6 Å². The van der Waals surface area contributed by atoms with Gasteiger partial charge in [-0.15, -0.1) is 0 Å². The minimum atomic E-state index is 0.428. The minimum Gasteiger partial charge on any atom is -0.338 e. The highest BCUT2D eigenvalue weighted by Crippen LogP contribution is 2.41. The molecular weight excluding hydrogens is 407 g/mol. The molecule has 0 radical (unpaired) electrons. The molecule has 2 heterocycles. The van der Waals surface area contributed by atoms with Crippen molar-refractivity contribution in [2.24, 2.45) is 0 Å².